The zero-order chi connectivity index (χ0) is 31.0. The van der Waals surface area contributed by atoms with Crippen LogP contribution in [0.3, 0.4) is 0 Å². The third-order valence-corrected chi connectivity index (χ3v) is 9.60. The molecule has 0 N–H and O–H groups in total. The van der Waals surface area contributed by atoms with Crippen LogP contribution in [0.25, 0.3) is 21.9 Å². The fourth-order valence-electron chi connectivity index (χ4n) is 6.98. The third kappa shape index (κ3) is 7.11. The van der Waals surface area contributed by atoms with Crippen LogP contribution in [0.4, 0.5) is 5.69 Å². The van der Waals surface area contributed by atoms with Crippen molar-refractivity contribution in [2.45, 2.75) is 90.6 Å². The lowest BCUT2D eigenvalue weighted by molar-refractivity contribution is -0.697. The molecule has 0 bridgehead atoms. The summed E-state index contributed by atoms with van der Waals surface area (Å²) in [5, 5.41) is 1.85. The molecular weight excluding hydrogens is 556 g/mol. The Balaban J connectivity index is 1.01. The third-order valence-electron chi connectivity index (χ3n) is 9.60. The Bertz CT molecular complexity index is 1580. The molecule has 0 aliphatic carbocycles. The summed E-state index contributed by atoms with van der Waals surface area (Å²) in [6.07, 6.45) is 21.8. The minimum absolute atomic E-state index is 0.165. The minimum atomic E-state index is -0.165. The van der Waals surface area contributed by atoms with Crippen LogP contribution in [-0.4, -0.2) is 36.3 Å². The largest absolute Gasteiger partial charge is 0.371 e. The van der Waals surface area contributed by atoms with Gasteiger partial charge >= 0.3 is 0 Å². The Kier molecular flexibility index (Phi) is 10.2. The van der Waals surface area contributed by atoms with Crippen LogP contribution < -0.4 is 14.0 Å². The van der Waals surface area contributed by atoms with Crippen LogP contribution in [-0.2, 0) is 13.1 Å². The minimum Gasteiger partial charge on any atom is -0.371 e. The normalized spacial score (nSPS) is 14.9. The van der Waals surface area contributed by atoms with Crippen LogP contribution in [0.2, 0.25) is 0 Å². The quantitative estimate of drug-likeness (QED) is 0.0850. The molecule has 2 aromatic carbocycles. The van der Waals surface area contributed by atoms with Crippen LogP contribution in [0.5, 0.6) is 0 Å². The van der Waals surface area contributed by atoms with E-state index in [-0.39, 0.29) is 11.8 Å². The van der Waals surface area contributed by atoms with E-state index in [0.717, 1.165) is 55.5 Å². The maximum absolute atomic E-state index is 13.5. The van der Waals surface area contributed by atoms with E-state index in [9.17, 15) is 9.59 Å². The summed E-state index contributed by atoms with van der Waals surface area (Å²) in [6.45, 7) is 6.67. The standard InChI is InChI=1S/C39H48N4O2/c1-2-3-4-5-6-8-22-40-27-18-31(19-28-40)32-20-29-41(30-21-32)23-11-12-26-43-38(44)34-15-13-14-33-36(42-24-9-7-10-25-42)17-16-35(37(33)34)39(43)45/h13-21,27-30H,2-12,22-26H2,1H3/q+2. The number of hydrogen-bond donors (Lipinski definition) is 0. The van der Waals surface area contributed by atoms with Crippen LogP contribution in [0, 0.1) is 0 Å². The number of aromatic nitrogens is 2. The van der Waals surface area contributed by atoms with Crippen LogP contribution in [0.1, 0.15) is 98.3 Å². The van der Waals surface area contributed by atoms with Crippen molar-refractivity contribution < 1.29 is 18.7 Å². The summed E-state index contributed by atoms with van der Waals surface area (Å²) in [6, 6.07) is 18.7. The number of carbonyl (C=O) groups is 2. The highest BCUT2D eigenvalue weighted by molar-refractivity contribution is 6.26. The first kappa shape index (κ1) is 30.9. The molecule has 2 aliphatic rings. The molecule has 0 radical (unpaired) electrons. The zero-order valence-electron chi connectivity index (χ0n) is 26.9. The number of benzene rings is 2. The Morgan fingerprint density at radius 2 is 1.20 bits per heavy atom. The van der Waals surface area contributed by atoms with Crippen LogP contribution in [0.15, 0.2) is 79.4 Å². The maximum atomic E-state index is 13.5. The van der Waals surface area contributed by atoms with E-state index >= 15 is 0 Å². The van der Waals surface area contributed by atoms with E-state index in [2.05, 4.69) is 82.1 Å². The van der Waals surface area contributed by atoms with E-state index in [1.807, 2.05) is 18.2 Å². The van der Waals surface area contributed by atoms with Crippen molar-refractivity contribution in [1.29, 1.82) is 0 Å². The van der Waals surface area contributed by atoms with Crippen molar-refractivity contribution in [3.63, 3.8) is 0 Å². The molecule has 2 aliphatic heterocycles. The van der Waals surface area contributed by atoms with Gasteiger partial charge in [-0.05, 0) is 61.4 Å². The fraction of sp³-hybridized carbons (Fsp3) is 0.436. The van der Waals surface area contributed by atoms with E-state index in [4.69, 9.17) is 0 Å². The number of unbranched alkanes of at least 4 members (excludes halogenated alkanes) is 6. The molecule has 45 heavy (non-hydrogen) atoms. The molecule has 4 aromatic rings. The summed E-state index contributed by atoms with van der Waals surface area (Å²) in [5.41, 5.74) is 4.88. The van der Waals surface area contributed by atoms with E-state index < -0.39 is 0 Å². The second-order valence-corrected chi connectivity index (χ2v) is 12.8. The topological polar surface area (TPSA) is 48.4 Å². The predicted molar refractivity (Wildman–Crippen MR) is 180 cm³/mol. The van der Waals surface area contributed by atoms with Gasteiger partial charge in [0.2, 0.25) is 0 Å². The number of carbonyl (C=O) groups excluding carboxylic acids is 2. The number of anilines is 1. The summed E-state index contributed by atoms with van der Waals surface area (Å²) in [7, 11) is 0. The number of nitrogens with zero attached hydrogens (tertiary/aromatic N) is 4. The molecule has 0 spiro atoms. The molecule has 0 atom stereocenters. The molecule has 1 fully saturated rings. The Labute approximate surface area is 268 Å². The molecule has 0 saturated carbocycles. The summed E-state index contributed by atoms with van der Waals surface area (Å²) >= 11 is 0. The molecule has 6 heteroatoms. The van der Waals surface area contributed by atoms with Crippen molar-refractivity contribution >= 4 is 28.3 Å². The van der Waals surface area contributed by atoms with Gasteiger partial charge < -0.3 is 4.90 Å². The van der Waals surface area contributed by atoms with Gasteiger partial charge in [0.05, 0.1) is 0 Å². The van der Waals surface area contributed by atoms with E-state index in [1.54, 1.807) is 0 Å². The van der Waals surface area contributed by atoms with Gasteiger partial charge in [0, 0.05) is 84.3 Å². The van der Waals surface area contributed by atoms with Gasteiger partial charge in [0.25, 0.3) is 11.8 Å². The number of hydrogen-bond acceptors (Lipinski definition) is 3. The second kappa shape index (κ2) is 14.8. The Morgan fingerprint density at radius 1 is 0.622 bits per heavy atom. The van der Waals surface area contributed by atoms with Crippen LogP contribution >= 0.6 is 0 Å². The lowest BCUT2D eigenvalue weighted by atomic mass is 9.92. The summed E-state index contributed by atoms with van der Waals surface area (Å²) < 4.78 is 4.47. The molecule has 2 amide bonds. The summed E-state index contributed by atoms with van der Waals surface area (Å²) in [5.74, 6) is -0.330. The highest BCUT2D eigenvalue weighted by Gasteiger charge is 2.33. The number of rotatable bonds is 14. The number of pyridine rings is 2. The predicted octanol–water partition coefficient (Wildman–Crippen LogP) is 7.51. The van der Waals surface area contributed by atoms with Crippen molar-refractivity contribution in [1.82, 2.24) is 4.90 Å². The highest BCUT2D eigenvalue weighted by atomic mass is 16.2. The van der Waals surface area contributed by atoms with Gasteiger partial charge in [-0.1, -0.05) is 44.7 Å². The first-order valence-corrected chi connectivity index (χ1v) is 17.3. The molecular formula is C39H48N4O2+2. The molecule has 6 nitrogen and oxygen atoms in total. The van der Waals surface area contributed by atoms with E-state index in [0.29, 0.717) is 17.7 Å². The summed E-state index contributed by atoms with van der Waals surface area (Å²) in [4.78, 5) is 31.0. The van der Waals surface area contributed by atoms with Gasteiger partial charge in [-0.2, -0.15) is 0 Å². The monoisotopic (exact) mass is 604 g/mol. The highest BCUT2D eigenvalue weighted by Crippen LogP contribution is 2.37. The van der Waals surface area contributed by atoms with Crippen molar-refractivity contribution in [3.8, 4) is 11.1 Å². The number of imide groups is 1. The first-order chi connectivity index (χ1) is 22.1. The second-order valence-electron chi connectivity index (χ2n) is 12.8. The number of amides is 2. The van der Waals surface area contributed by atoms with Crippen molar-refractivity contribution in [2.24, 2.45) is 0 Å². The van der Waals surface area contributed by atoms with Gasteiger partial charge in [0.1, 0.15) is 13.1 Å². The smallest absolute Gasteiger partial charge is 0.261 e. The van der Waals surface area contributed by atoms with Crippen molar-refractivity contribution in [3.05, 3.63) is 90.5 Å². The molecule has 1 saturated heterocycles. The van der Waals surface area contributed by atoms with Gasteiger partial charge in [0.15, 0.2) is 24.8 Å². The number of piperidine rings is 1. The molecule has 0 unspecified atom stereocenters. The van der Waals surface area contributed by atoms with Crippen molar-refractivity contribution in [2.75, 3.05) is 24.5 Å². The first-order valence-electron chi connectivity index (χ1n) is 17.3. The van der Waals surface area contributed by atoms with Gasteiger partial charge in [-0.25, -0.2) is 9.13 Å². The Morgan fingerprint density at radius 3 is 1.84 bits per heavy atom. The van der Waals surface area contributed by atoms with E-state index in [1.165, 1.54) is 73.8 Å². The molecule has 6 rings (SSSR count). The fourth-order valence-corrected chi connectivity index (χ4v) is 6.98. The van der Waals surface area contributed by atoms with Gasteiger partial charge in [-0.15, -0.1) is 0 Å². The molecule has 4 heterocycles. The zero-order valence-corrected chi connectivity index (χ0v) is 26.9. The number of aryl methyl sites for hydroxylation is 2. The SMILES string of the molecule is CCCCCCCC[n+]1ccc(-c2cc[n+](CCCCN3C(=O)c4cccc5c(N6CCCCC6)ccc(c45)C3=O)cc2)cc1. The average Bonchev–Trinajstić information content (AvgIpc) is 3.09. The maximum Gasteiger partial charge on any atom is 0.261 e. The molecule has 234 valence electrons. The lowest BCUT2D eigenvalue weighted by Gasteiger charge is -2.32. The van der Waals surface area contributed by atoms with Gasteiger partial charge in [-0.3, -0.25) is 14.5 Å². The molecule has 2 aromatic heterocycles. The lowest BCUT2D eigenvalue weighted by Crippen LogP contribution is -2.41. The Hall–Kier alpha value is -4.06. The average molecular weight is 605 g/mol.